The molecule has 1 aromatic heterocycles. The first-order valence-corrected chi connectivity index (χ1v) is 10.6. The third kappa shape index (κ3) is 3.36. The first kappa shape index (κ1) is 19.7. The SMILES string of the molecule is NC(=O)c1cccc2c1c1ccc(-c3c(Cl)cccc3Cl)cc1n2Cc1ccccc1. The van der Waals surface area contributed by atoms with E-state index in [0.29, 0.717) is 22.2 Å². The van der Waals surface area contributed by atoms with Crippen molar-refractivity contribution in [3.63, 3.8) is 0 Å². The summed E-state index contributed by atoms with van der Waals surface area (Å²) in [6.07, 6.45) is 0. The van der Waals surface area contributed by atoms with E-state index in [4.69, 9.17) is 28.9 Å². The summed E-state index contributed by atoms with van der Waals surface area (Å²) in [6.45, 7) is 0.656. The predicted molar refractivity (Wildman–Crippen MR) is 129 cm³/mol. The van der Waals surface area contributed by atoms with Crippen LogP contribution in [-0.2, 0) is 6.54 Å². The fourth-order valence-electron chi connectivity index (χ4n) is 4.22. The number of amides is 1. The van der Waals surface area contributed by atoms with Gasteiger partial charge in [-0.1, -0.05) is 77.8 Å². The van der Waals surface area contributed by atoms with Gasteiger partial charge in [-0.15, -0.1) is 0 Å². The summed E-state index contributed by atoms with van der Waals surface area (Å²) in [5.41, 5.74) is 11.0. The minimum Gasteiger partial charge on any atom is -0.366 e. The van der Waals surface area contributed by atoms with Crippen molar-refractivity contribution >= 4 is 50.9 Å². The van der Waals surface area contributed by atoms with Crippen LogP contribution in [0.15, 0.2) is 84.9 Å². The minimum absolute atomic E-state index is 0.442. The van der Waals surface area contributed by atoms with E-state index in [-0.39, 0.29) is 0 Å². The summed E-state index contributed by atoms with van der Waals surface area (Å²) in [7, 11) is 0. The van der Waals surface area contributed by atoms with E-state index >= 15 is 0 Å². The number of hydrogen-bond donors (Lipinski definition) is 1. The second kappa shape index (κ2) is 7.77. The Bertz CT molecular complexity index is 1440. The van der Waals surface area contributed by atoms with Crippen LogP contribution in [0.1, 0.15) is 15.9 Å². The quantitative estimate of drug-likeness (QED) is 0.321. The molecule has 0 fully saturated rings. The van der Waals surface area contributed by atoms with Gasteiger partial charge in [0.1, 0.15) is 0 Å². The van der Waals surface area contributed by atoms with E-state index in [1.807, 2.05) is 60.7 Å². The molecule has 0 saturated carbocycles. The molecule has 0 aliphatic carbocycles. The lowest BCUT2D eigenvalue weighted by atomic mass is 10.0. The molecule has 0 unspecified atom stereocenters. The monoisotopic (exact) mass is 444 g/mol. The summed E-state index contributed by atoms with van der Waals surface area (Å²) >= 11 is 13.0. The standard InChI is InChI=1S/C26H18Cl2N2O/c27-20-9-5-10-21(28)24(20)17-12-13-18-23(14-17)30(15-16-6-2-1-3-7-16)22-11-4-8-19(25(18)22)26(29)31/h1-14H,15H2,(H2,29,31). The average molecular weight is 445 g/mol. The highest BCUT2D eigenvalue weighted by molar-refractivity contribution is 6.39. The molecule has 3 nitrogen and oxygen atoms in total. The number of carbonyl (C=O) groups is 1. The highest BCUT2D eigenvalue weighted by Gasteiger charge is 2.18. The van der Waals surface area contributed by atoms with Gasteiger partial charge >= 0.3 is 0 Å². The molecule has 31 heavy (non-hydrogen) atoms. The van der Waals surface area contributed by atoms with Crippen LogP contribution >= 0.6 is 23.2 Å². The molecule has 0 radical (unpaired) electrons. The van der Waals surface area contributed by atoms with E-state index in [1.165, 1.54) is 0 Å². The van der Waals surface area contributed by atoms with Crippen molar-refractivity contribution in [3.05, 3.63) is 106 Å². The van der Waals surface area contributed by atoms with E-state index < -0.39 is 5.91 Å². The molecule has 2 N–H and O–H groups in total. The molecule has 5 rings (SSSR count). The number of carbonyl (C=O) groups excluding carboxylic acids is 1. The van der Waals surface area contributed by atoms with Crippen molar-refractivity contribution in [2.24, 2.45) is 5.73 Å². The predicted octanol–water partition coefficient (Wildman–Crippen LogP) is 6.92. The summed E-state index contributed by atoms with van der Waals surface area (Å²) in [4.78, 5) is 12.2. The van der Waals surface area contributed by atoms with Crippen LogP contribution in [0.3, 0.4) is 0 Å². The van der Waals surface area contributed by atoms with Crippen LogP contribution < -0.4 is 5.73 Å². The molecule has 0 spiro atoms. The van der Waals surface area contributed by atoms with Gasteiger partial charge in [-0.05, 0) is 41.5 Å². The Labute approximate surface area is 189 Å². The number of benzene rings is 4. The first-order chi connectivity index (χ1) is 15.0. The van der Waals surface area contributed by atoms with Gasteiger partial charge in [0.15, 0.2) is 0 Å². The van der Waals surface area contributed by atoms with Crippen LogP contribution in [0.4, 0.5) is 0 Å². The first-order valence-electron chi connectivity index (χ1n) is 9.87. The van der Waals surface area contributed by atoms with Crippen molar-refractivity contribution in [1.82, 2.24) is 4.57 Å². The molecule has 152 valence electrons. The topological polar surface area (TPSA) is 48.0 Å². The second-order valence-corrected chi connectivity index (χ2v) is 8.28. The molecule has 0 saturated heterocycles. The largest absolute Gasteiger partial charge is 0.366 e. The number of halogens is 2. The second-order valence-electron chi connectivity index (χ2n) is 7.46. The molecule has 0 aliphatic rings. The van der Waals surface area contributed by atoms with Gasteiger partial charge in [-0.3, -0.25) is 4.79 Å². The molecule has 1 amide bonds. The van der Waals surface area contributed by atoms with Crippen LogP contribution in [0.5, 0.6) is 0 Å². The van der Waals surface area contributed by atoms with Crippen molar-refractivity contribution < 1.29 is 4.79 Å². The van der Waals surface area contributed by atoms with Gasteiger partial charge in [-0.25, -0.2) is 0 Å². The van der Waals surface area contributed by atoms with Gasteiger partial charge in [0.25, 0.3) is 0 Å². The lowest BCUT2D eigenvalue weighted by Gasteiger charge is -2.11. The smallest absolute Gasteiger partial charge is 0.249 e. The van der Waals surface area contributed by atoms with E-state index in [0.717, 1.165) is 38.5 Å². The molecule has 0 bridgehead atoms. The molecule has 0 atom stereocenters. The lowest BCUT2D eigenvalue weighted by molar-refractivity contribution is 0.100. The summed E-state index contributed by atoms with van der Waals surface area (Å²) in [5.74, 6) is -0.442. The Morgan fingerprint density at radius 3 is 2.23 bits per heavy atom. The van der Waals surface area contributed by atoms with E-state index in [2.05, 4.69) is 22.8 Å². The van der Waals surface area contributed by atoms with Crippen LogP contribution in [0.25, 0.3) is 32.9 Å². The van der Waals surface area contributed by atoms with Gasteiger partial charge in [0, 0.05) is 38.5 Å². The Hall–Kier alpha value is -3.27. The van der Waals surface area contributed by atoms with Gasteiger partial charge in [-0.2, -0.15) is 0 Å². The number of fused-ring (bicyclic) bond motifs is 3. The average Bonchev–Trinajstić information content (AvgIpc) is 3.07. The number of rotatable bonds is 4. The van der Waals surface area contributed by atoms with Crippen molar-refractivity contribution in [1.29, 1.82) is 0 Å². The molecule has 5 heteroatoms. The zero-order valence-corrected chi connectivity index (χ0v) is 18.0. The van der Waals surface area contributed by atoms with Gasteiger partial charge in [0.05, 0.1) is 11.0 Å². The summed E-state index contributed by atoms with van der Waals surface area (Å²) in [6, 6.07) is 27.5. The van der Waals surface area contributed by atoms with Crippen molar-refractivity contribution in [3.8, 4) is 11.1 Å². The highest BCUT2D eigenvalue weighted by Crippen LogP contribution is 2.39. The summed E-state index contributed by atoms with van der Waals surface area (Å²) < 4.78 is 2.21. The molecule has 0 aliphatic heterocycles. The van der Waals surface area contributed by atoms with Crippen molar-refractivity contribution in [2.75, 3.05) is 0 Å². The highest BCUT2D eigenvalue weighted by atomic mass is 35.5. The van der Waals surface area contributed by atoms with Crippen LogP contribution in [0.2, 0.25) is 10.0 Å². The third-order valence-electron chi connectivity index (χ3n) is 5.59. The number of nitrogens with two attached hydrogens (primary N) is 1. The fraction of sp³-hybridized carbons (Fsp3) is 0.0385. The lowest BCUT2D eigenvalue weighted by Crippen LogP contribution is -2.11. The maximum absolute atomic E-state index is 12.2. The van der Waals surface area contributed by atoms with E-state index in [9.17, 15) is 4.79 Å². The maximum atomic E-state index is 12.2. The zero-order chi connectivity index (χ0) is 21.5. The molecule has 5 aromatic rings. The molecular weight excluding hydrogens is 427 g/mol. The Morgan fingerprint density at radius 2 is 1.52 bits per heavy atom. The number of nitrogens with zero attached hydrogens (tertiary/aromatic N) is 1. The molecule has 4 aromatic carbocycles. The Kier molecular flexibility index (Phi) is 4.93. The van der Waals surface area contributed by atoms with Crippen LogP contribution in [0, 0.1) is 0 Å². The Balaban J connectivity index is 1.84. The third-order valence-corrected chi connectivity index (χ3v) is 6.22. The molecular formula is C26H18Cl2N2O. The van der Waals surface area contributed by atoms with Gasteiger partial charge < -0.3 is 10.3 Å². The van der Waals surface area contributed by atoms with E-state index in [1.54, 1.807) is 6.07 Å². The molecule has 1 heterocycles. The zero-order valence-electron chi connectivity index (χ0n) is 16.5. The van der Waals surface area contributed by atoms with Gasteiger partial charge in [0.2, 0.25) is 5.91 Å². The fourth-order valence-corrected chi connectivity index (χ4v) is 4.83. The van der Waals surface area contributed by atoms with Crippen LogP contribution in [-0.4, -0.2) is 10.5 Å². The Morgan fingerprint density at radius 1 is 0.806 bits per heavy atom. The maximum Gasteiger partial charge on any atom is 0.249 e. The van der Waals surface area contributed by atoms with Crippen molar-refractivity contribution in [2.45, 2.75) is 6.54 Å². The number of primary amides is 1. The normalized spacial score (nSPS) is 11.3. The number of hydrogen-bond acceptors (Lipinski definition) is 1. The summed E-state index contributed by atoms with van der Waals surface area (Å²) in [5, 5.41) is 3.01. The number of aromatic nitrogens is 1. The minimum atomic E-state index is -0.442.